The molecular weight excluding hydrogens is 560 g/mol. The van der Waals surface area contributed by atoms with E-state index in [0.717, 1.165) is 36.4 Å². The lowest BCUT2D eigenvalue weighted by molar-refractivity contribution is -0.192. The van der Waals surface area contributed by atoms with E-state index < -0.39 is 34.0 Å². The average Bonchev–Trinajstić information content (AvgIpc) is 3.09. The Bertz CT molecular complexity index is 1490. The maximum absolute atomic E-state index is 13.4. The van der Waals surface area contributed by atoms with E-state index in [1.165, 1.54) is 29.8 Å². The van der Waals surface area contributed by atoms with Gasteiger partial charge in [-0.25, -0.2) is 22.4 Å². The molecule has 0 spiro atoms. The van der Waals surface area contributed by atoms with Gasteiger partial charge in [0, 0.05) is 32.0 Å². The number of carboxylic acid groups (broad SMARTS) is 2. The fourth-order valence-corrected chi connectivity index (χ4v) is 4.83. The molecule has 0 bridgehead atoms. The van der Waals surface area contributed by atoms with E-state index in [1.54, 1.807) is 13.1 Å². The summed E-state index contributed by atoms with van der Waals surface area (Å²) in [7, 11) is -0.370. The van der Waals surface area contributed by atoms with Crippen LogP contribution in [0, 0.1) is 19.7 Å². The Morgan fingerprint density at radius 2 is 1.73 bits per heavy atom. The lowest BCUT2D eigenvalue weighted by atomic mass is 10.1. The Kier molecular flexibility index (Phi) is 10.3. The normalized spacial score (nSPS) is 11.4. The van der Waals surface area contributed by atoms with Gasteiger partial charge in [0.2, 0.25) is 0 Å². The molecule has 10 nitrogen and oxygen atoms in total. The van der Waals surface area contributed by atoms with Crippen molar-refractivity contribution in [2.75, 3.05) is 23.2 Å². The van der Waals surface area contributed by atoms with Gasteiger partial charge in [-0.05, 0) is 68.7 Å². The quantitative estimate of drug-likeness (QED) is 0.313. The first-order chi connectivity index (χ1) is 18.4. The standard InChI is InChI=1S/C23H27FN4O4S.C2HF3O2/c1-15-20(16(2)28(4)25-15)9-6-12-27(3)22-11-10-18(14-21(22)23(29)30)26-33(31,32)19-8-5-7-17(24)13-19;3-2(4,5)1(6)7/h5,7-8,10-11,13-14,26H,6,9,12H2,1-4H3,(H,29,30);(H,6,7). The Morgan fingerprint density at radius 1 is 1.10 bits per heavy atom. The lowest BCUT2D eigenvalue weighted by Crippen LogP contribution is -2.22. The fourth-order valence-electron chi connectivity index (χ4n) is 3.74. The van der Waals surface area contributed by atoms with Gasteiger partial charge in [0.1, 0.15) is 5.82 Å². The zero-order valence-corrected chi connectivity index (χ0v) is 22.8. The van der Waals surface area contributed by atoms with Gasteiger partial charge in [-0.3, -0.25) is 9.40 Å². The summed E-state index contributed by atoms with van der Waals surface area (Å²) in [4.78, 5) is 22.4. The van der Waals surface area contributed by atoms with Crippen LogP contribution < -0.4 is 9.62 Å². The fraction of sp³-hybridized carbons (Fsp3) is 0.320. The van der Waals surface area contributed by atoms with Crippen molar-refractivity contribution in [1.29, 1.82) is 0 Å². The summed E-state index contributed by atoms with van der Waals surface area (Å²) >= 11 is 0. The maximum Gasteiger partial charge on any atom is 0.490 e. The minimum atomic E-state index is -5.08. The first kappa shape index (κ1) is 32.1. The van der Waals surface area contributed by atoms with Crippen LogP contribution in [0.15, 0.2) is 47.4 Å². The molecule has 0 unspecified atom stereocenters. The molecule has 0 amide bonds. The Labute approximate surface area is 227 Å². The first-order valence-corrected chi connectivity index (χ1v) is 13.1. The number of rotatable bonds is 9. The molecule has 0 saturated heterocycles. The van der Waals surface area contributed by atoms with Crippen LogP contribution in [0.1, 0.15) is 33.7 Å². The van der Waals surface area contributed by atoms with E-state index in [9.17, 15) is 35.9 Å². The second kappa shape index (κ2) is 12.8. The molecule has 15 heteroatoms. The lowest BCUT2D eigenvalue weighted by Gasteiger charge is -2.22. The Hall–Kier alpha value is -4.14. The van der Waals surface area contributed by atoms with E-state index in [-0.39, 0.29) is 16.1 Å². The third kappa shape index (κ3) is 8.43. The van der Waals surface area contributed by atoms with Crippen molar-refractivity contribution in [1.82, 2.24) is 9.78 Å². The van der Waals surface area contributed by atoms with Crippen molar-refractivity contribution in [3.8, 4) is 0 Å². The number of nitrogens with zero attached hydrogens (tertiary/aromatic N) is 3. The van der Waals surface area contributed by atoms with Crippen LogP contribution in [0.2, 0.25) is 0 Å². The van der Waals surface area contributed by atoms with Crippen molar-refractivity contribution in [2.45, 2.75) is 37.8 Å². The number of sulfonamides is 1. The van der Waals surface area contributed by atoms with Crippen molar-refractivity contribution >= 4 is 33.3 Å². The Balaban J connectivity index is 0.000000708. The van der Waals surface area contributed by atoms with E-state index in [4.69, 9.17) is 9.90 Å². The number of aromatic nitrogens is 2. The maximum atomic E-state index is 13.4. The molecule has 40 heavy (non-hydrogen) atoms. The molecular formula is C25H28F4N4O6S. The molecule has 2 aromatic carbocycles. The number of alkyl halides is 3. The highest BCUT2D eigenvalue weighted by atomic mass is 32.2. The molecule has 1 aromatic heterocycles. The van der Waals surface area contributed by atoms with Gasteiger partial charge in [-0.1, -0.05) is 6.07 Å². The summed E-state index contributed by atoms with van der Waals surface area (Å²) < 4.78 is 74.4. The molecule has 0 aliphatic rings. The highest BCUT2D eigenvalue weighted by Crippen LogP contribution is 2.26. The molecule has 218 valence electrons. The highest BCUT2D eigenvalue weighted by Gasteiger charge is 2.38. The van der Waals surface area contributed by atoms with Crippen molar-refractivity contribution in [2.24, 2.45) is 7.05 Å². The van der Waals surface area contributed by atoms with E-state index >= 15 is 0 Å². The summed E-state index contributed by atoms with van der Waals surface area (Å²) in [5, 5.41) is 21.2. The second-order valence-corrected chi connectivity index (χ2v) is 10.4. The predicted molar refractivity (Wildman–Crippen MR) is 139 cm³/mol. The number of aliphatic carboxylic acids is 1. The van der Waals surface area contributed by atoms with Gasteiger partial charge in [0.25, 0.3) is 10.0 Å². The summed E-state index contributed by atoms with van der Waals surface area (Å²) in [6, 6.07) is 8.91. The molecule has 0 saturated carbocycles. The third-order valence-corrected chi connectivity index (χ3v) is 7.20. The number of hydrogen-bond acceptors (Lipinski definition) is 6. The van der Waals surface area contributed by atoms with Crippen LogP contribution in [0.5, 0.6) is 0 Å². The molecule has 3 aromatic rings. The highest BCUT2D eigenvalue weighted by molar-refractivity contribution is 7.92. The molecule has 3 rings (SSSR count). The SMILES string of the molecule is Cc1nn(C)c(C)c1CCCN(C)c1ccc(NS(=O)(=O)c2cccc(F)c2)cc1C(=O)O.O=C(O)C(F)(F)F. The number of aromatic carboxylic acids is 1. The van der Waals surface area contributed by atoms with Crippen LogP contribution in [0.4, 0.5) is 28.9 Å². The molecule has 0 radical (unpaired) electrons. The van der Waals surface area contributed by atoms with E-state index in [0.29, 0.717) is 12.2 Å². The van der Waals surface area contributed by atoms with Gasteiger partial charge in [0.05, 0.1) is 21.8 Å². The van der Waals surface area contributed by atoms with Crippen LogP contribution in [-0.2, 0) is 28.3 Å². The van der Waals surface area contributed by atoms with E-state index in [2.05, 4.69) is 9.82 Å². The summed E-state index contributed by atoms with van der Waals surface area (Å²) in [6.07, 6.45) is -3.49. The van der Waals surface area contributed by atoms with Crippen LogP contribution in [0.3, 0.4) is 0 Å². The number of carboxylic acids is 2. The van der Waals surface area contributed by atoms with E-state index in [1.807, 2.05) is 30.5 Å². The number of anilines is 2. The monoisotopic (exact) mass is 588 g/mol. The number of benzene rings is 2. The topological polar surface area (TPSA) is 142 Å². The van der Waals surface area contributed by atoms with Crippen molar-refractivity contribution < 1.29 is 45.8 Å². The third-order valence-electron chi connectivity index (χ3n) is 5.82. The van der Waals surface area contributed by atoms with Crippen LogP contribution in [-0.4, -0.2) is 60.1 Å². The minimum absolute atomic E-state index is 0.0364. The molecule has 0 atom stereocenters. The van der Waals surface area contributed by atoms with Gasteiger partial charge < -0.3 is 15.1 Å². The number of carbonyl (C=O) groups is 2. The van der Waals surface area contributed by atoms with Gasteiger partial charge in [0.15, 0.2) is 0 Å². The number of halogens is 4. The minimum Gasteiger partial charge on any atom is -0.478 e. The smallest absolute Gasteiger partial charge is 0.478 e. The number of aryl methyl sites for hydroxylation is 2. The average molecular weight is 589 g/mol. The number of nitrogens with one attached hydrogen (secondary N) is 1. The van der Waals surface area contributed by atoms with Gasteiger partial charge >= 0.3 is 18.1 Å². The molecule has 0 fully saturated rings. The van der Waals surface area contributed by atoms with Gasteiger partial charge in [-0.15, -0.1) is 0 Å². The van der Waals surface area contributed by atoms with Crippen LogP contribution in [0.25, 0.3) is 0 Å². The molecule has 0 aliphatic heterocycles. The molecule has 1 heterocycles. The zero-order chi connectivity index (χ0) is 30.4. The summed E-state index contributed by atoms with van der Waals surface area (Å²) in [5.74, 6) is -4.62. The molecule has 0 aliphatic carbocycles. The largest absolute Gasteiger partial charge is 0.490 e. The predicted octanol–water partition coefficient (Wildman–Crippen LogP) is 4.38. The van der Waals surface area contributed by atoms with Crippen molar-refractivity contribution in [3.05, 3.63) is 70.8 Å². The summed E-state index contributed by atoms with van der Waals surface area (Å²) in [5.41, 5.74) is 3.79. The van der Waals surface area contributed by atoms with Crippen molar-refractivity contribution in [3.63, 3.8) is 0 Å². The number of hydrogen-bond donors (Lipinski definition) is 3. The van der Waals surface area contributed by atoms with Crippen LogP contribution >= 0.6 is 0 Å². The van der Waals surface area contributed by atoms with Gasteiger partial charge in [-0.2, -0.15) is 18.3 Å². The Morgan fingerprint density at radius 3 is 2.23 bits per heavy atom. The molecule has 3 N–H and O–H groups in total. The zero-order valence-electron chi connectivity index (χ0n) is 22.0. The summed E-state index contributed by atoms with van der Waals surface area (Å²) in [6.45, 7) is 4.59. The second-order valence-electron chi connectivity index (χ2n) is 8.70. The first-order valence-electron chi connectivity index (χ1n) is 11.6.